The van der Waals surface area contributed by atoms with E-state index in [9.17, 15) is 19.1 Å². The maximum Gasteiger partial charge on any atom is 0.300 e. The Morgan fingerprint density at radius 2 is 1.79 bits per heavy atom. The van der Waals surface area contributed by atoms with Crippen LogP contribution in [0, 0.1) is 5.82 Å². The Morgan fingerprint density at radius 3 is 2.41 bits per heavy atom. The topological polar surface area (TPSA) is 89.0 Å². The number of ether oxygens (including phenoxy) is 2. The van der Waals surface area contributed by atoms with Crippen LogP contribution >= 0.6 is 23.2 Å². The molecule has 0 spiro atoms. The van der Waals surface area contributed by atoms with Crippen molar-refractivity contribution in [3.05, 3.63) is 87.4 Å². The molecule has 1 saturated heterocycles. The lowest BCUT2D eigenvalue weighted by molar-refractivity contribution is -0.132. The van der Waals surface area contributed by atoms with Gasteiger partial charge in [0.1, 0.15) is 23.1 Å². The molecule has 1 aliphatic rings. The van der Waals surface area contributed by atoms with Crippen molar-refractivity contribution in [1.82, 2.24) is 4.98 Å². The lowest BCUT2D eigenvalue weighted by atomic mass is 9.95. The summed E-state index contributed by atoms with van der Waals surface area (Å²) in [5, 5.41) is 11.2. The molecule has 1 fully saturated rings. The molecule has 3 aromatic rings. The van der Waals surface area contributed by atoms with Crippen LogP contribution in [0.1, 0.15) is 17.2 Å². The molecule has 10 heteroatoms. The van der Waals surface area contributed by atoms with Crippen LogP contribution in [0.2, 0.25) is 10.0 Å². The Kier molecular flexibility index (Phi) is 6.45. The molecule has 0 saturated carbocycles. The lowest BCUT2D eigenvalue weighted by Gasteiger charge is -2.25. The van der Waals surface area contributed by atoms with E-state index in [-0.39, 0.29) is 32.6 Å². The van der Waals surface area contributed by atoms with Crippen molar-refractivity contribution in [2.24, 2.45) is 0 Å². The molecule has 1 N–H and O–H groups in total. The van der Waals surface area contributed by atoms with Crippen LogP contribution in [0.5, 0.6) is 11.5 Å². The van der Waals surface area contributed by atoms with Gasteiger partial charge in [-0.05, 0) is 35.9 Å². The van der Waals surface area contributed by atoms with E-state index < -0.39 is 29.3 Å². The average molecular weight is 503 g/mol. The number of aliphatic hydroxyl groups is 1. The molecule has 0 aliphatic carbocycles. The van der Waals surface area contributed by atoms with Gasteiger partial charge in [-0.25, -0.2) is 4.39 Å². The molecule has 0 bridgehead atoms. The molecule has 7 nitrogen and oxygen atoms in total. The highest BCUT2D eigenvalue weighted by Gasteiger charge is 2.47. The molecule has 2 heterocycles. The number of anilines is 1. The van der Waals surface area contributed by atoms with Gasteiger partial charge in [0.2, 0.25) is 0 Å². The molecule has 0 radical (unpaired) electrons. The number of rotatable bonds is 5. The Bertz CT molecular complexity index is 1330. The molecule has 4 rings (SSSR count). The van der Waals surface area contributed by atoms with E-state index >= 15 is 0 Å². The summed E-state index contributed by atoms with van der Waals surface area (Å²) in [6, 6.07) is 8.65. The van der Waals surface area contributed by atoms with E-state index in [0.717, 1.165) is 11.0 Å². The minimum Gasteiger partial charge on any atom is -0.507 e. The molecule has 1 atom stereocenters. The van der Waals surface area contributed by atoms with Gasteiger partial charge < -0.3 is 14.6 Å². The Balaban J connectivity index is 1.98. The Morgan fingerprint density at radius 1 is 1.06 bits per heavy atom. The second kappa shape index (κ2) is 9.32. The standard InChI is InChI=1S/C24H17Cl2FN2O5/c1-33-18-10-19(34-2)16(26)9-14(18)22(30)20-21(12-4-3-7-28-11-12)29(24(32)23(20)31)13-5-6-17(27)15(25)8-13/h3-11,21,30H,1-2H3/b22-20+. The number of pyridine rings is 1. The van der Waals surface area contributed by atoms with Gasteiger partial charge in [-0.3, -0.25) is 19.5 Å². The monoisotopic (exact) mass is 502 g/mol. The second-order valence-electron chi connectivity index (χ2n) is 7.24. The van der Waals surface area contributed by atoms with E-state index in [2.05, 4.69) is 4.98 Å². The summed E-state index contributed by atoms with van der Waals surface area (Å²) in [6.45, 7) is 0. The molecule has 1 amide bonds. The third kappa shape index (κ3) is 3.95. The van der Waals surface area contributed by atoms with Crippen molar-refractivity contribution in [1.29, 1.82) is 0 Å². The first kappa shape index (κ1) is 23.5. The summed E-state index contributed by atoms with van der Waals surface area (Å²) in [7, 11) is 2.79. The third-order valence-corrected chi connectivity index (χ3v) is 5.94. The van der Waals surface area contributed by atoms with E-state index in [0.29, 0.717) is 11.3 Å². The first-order valence-electron chi connectivity index (χ1n) is 9.86. The number of aromatic nitrogens is 1. The third-order valence-electron chi connectivity index (χ3n) is 5.35. The number of carbonyl (C=O) groups excluding carboxylic acids is 2. The van der Waals surface area contributed by atoms with Gasteiger partial charge in [-0.1, -0.05) is 29.3 Å². The fourth-order valence-corrected chi connectivity index (χ4v) is 4.19. The minimum absolute atomic E-state index is 0.0809. The number of benzene rings is 2. The van der Waals surface area contributed by atoms with Crippen LogP contribution in [-0.4, -0.2) is 36.0 Å². The summed E-state index contributed by atoms with van der Waals surface area (Å²) in [6.07, 6.45) is 2.98. The molecule has 1 unspecified atom stereocenters. The fraction of sp³-hybridized carbons (Fsp3) is 0.125. The van der Waals surface area contributed by atoms with Gasteiger partial charge in [-0.15, -0.1) is 0 Å². The van der Waals surface area contributed by atoms with Gasteiger partial charge in [0.25, 0.3) is 11.7 Å². The van der Waals surface area contributed by atoms with Crippen molar-refractivity contribution in [3.63, 3.8) is 0 Å². The van der Waals surface area contributed by atoms with Crippen LogP contribution in [0.25, 0.3) is 5.76 Å². The number of amides is 1. The highest BCUT2D eigenvalue weighted by Crippen LogP contribution is 2.45. The number of ketones is 1. The van der Waals surface area contributed by atoms with Crippen molar-refractivity contribution in [3.8, 4) is 11.5 Å². The number of halogens is 3. The summed E-state index contributed by atoms with van der Waals surface area (Å²) in [5.41, 5.74) is 0.457. The SMILES string of the molecule is COc1cc(OC)c(/C(O)=C2\C(=O)C(=O)N(c3ccc(F)c(Cl)c3)C2c2cccnc2)cc1Cl. The van der Waals surface area contributed by atoms with Crippen LogP contribution in [0.15, 0.2) is 60.4 Å². The van der Waals surface area contributed by atoms with Crippen molar-refractivity contribution >= 4 is 46.3 Å². The molecule has 1 aromatic heterocycles. The summed E-state index contributed by atoms with van der Waals surface area (Å²) >= 11 is 12.2. The van der Waals surface area contributed by atoms with Gasteiger partial charge in [-0.2, -0.15) is 0 Å². The first-order chi connectivity index (χ1) is 16.3. The van der Waals surface area contributed by atoms with Gasteiger partial charge in [0.15, 0.2) is 0 Å². The summed E-state index contributed by atoms with van der Waals surface area (Å²) in [4.78, 5) is 31.6. The van der Waals surface area contributed by atoms with E-state index in [4.69, 9.17) is 32.7 Å². The Labute approximate surface area is 204 Å². The fourth-order valence-electron chi connectivity index (χ4n) is 3.78. The van der Waals surface area contributed by atoms with Crippen LogP contribution in [0.4, 0.5) is 10.1 Å². The van der Waals surface area contributed by atoms with Gasteiger partial charge >= 0.3 is 0 Å². The van der Waals surface area contributed by atoms with Crippen molar-refractivity contribution in [2.45, 2.75) is 6.04 Å². The molecule has 2 aromatic carbocycles. The first-order valence-corrected chi connectivity index (χ1v) is 10.6. The quantitative estimate of drug-likeness (QED) is 0.294. The van der Waals surface area contributed by atoms with Crippen molar-refractivity contribution in [2.75, 3.05) is 19.1 Å². The second-order valence-corrected chi connectivity index (χ2v) is 8.06. The molecular formula is C24H17Cl2FN2O5. The summed E-state index contributed by atoms with van der Waals surface area (Å²) < 4.78 is 24.3. The van der Waals surface area contributed by atoms with Crippen LogP contribution in [-0.2, 0) is 9.59 Å². The van der Waals surface area contributed by atoms with Crippen LogP contribution in [0.3, 0.4) is 0 Å². The average Bonchev–Trinajstić information content (AvgIpc) is 3.11. The Hall–Kier alpha value is -3.62. The van der Waals surface area contributed by atoms with E-state index in [1.54, 1.807) is 12.1 Å². The number of aliphatic hydroxyl groups excluding tert-OH is 1. The maximum atomic E-state index is 13.8. The van der Waals surface area contributed by atoms with Crippen molar-refractivity contribution < 1.29 is 28.6 Å². The zero-order valence-electron chi connectivity index (χ0n) is 17.9. The molecule has 174 valence electrons. The minimum atomic E-state index is -1.08. The van der Waals surface area contributed by atoms with E-state index in [1.807, 2.05) is 0 Å². The predicted molar refractivity (Wildman–Crippen MR) is 125 cm³/mol. The number of carbonyl (C=O) groups is 2. The van der Waals surface area contributed by atoms with Crippen LogP contribution < -0.4 is 14.4 Å². The number of hydrogen-bond donors (Lipinski definition) is 1. The highest BCUT2D eigenvalue weighted by atomic mass is 35.5. The predicted octanol–water partition coefficient (Wildman–Crippen LogP) is 5.17. The molecule has 34 heavy (non-hydrogen) atoms. The number of hydrogen-bond acceptors (Lipinski definition) is 6. The normalized spacial score (nSPS) is 17.2. The largest absolute Gasteiger partial charge is 0.507 e. The number of methoxy groups -OCH3 is 2. The van der Waals surface area contributed by atoms with E-state index in [1.165, 1.54) is 50.9 Å². The maximum absolute atomic E-state index is 13.8. The molecular weight excluding hydrogens is 486 g/mol. The number of nitrogens with zero attached hydrogens (tertiary/aromatic N) is 2. The summed E-state index contributed by atoms with van der Waals surface area (Å²) in [5.74, 6) is -2.63. The molecule has 1 aliphatic heterocycles. The smallest absolute Gasteiger partial charge is 0.300 e. The highest BCUT2D eigenvalue weighted by molar-refractivity contribution is 6.52. The zero-order valence-corrected chi connectivity index (χ0v) is 19.4. The lowest BCUT2D eigenvalue weighted by Crippen LogP contribution is -2.29. The number of Topliss-reactive ketones (excluding diaryl/α,β-unsaturated/α-hetero) is 1. The zero-order chi connectivity index (χ0) is 24.6. The van der Waals surface area contributed by atoms with Gasteiger partial charge in [0.05, 0.1) is 41.4 Å². The van der Waals surface area contributed by atoms with Gasteiger partial charge in [0, 0.05) is 24.1 Å².